The van der Waals surface area contributed by atoms with Crippen molar-refractivity contribution in [3.63, 3.8) is 0 Å². The van der Waals surface area contributed by atoms with Crippen LogP contribution in [0.15, 0.2) is 35.1 Å². The average molecular weight is 376 g/mol. The van der Waals surface area contributed by atoms with Crippen molar-refractivity contribution < 1.29 is 13.7 Å². The van der Waals surface area contributed by atoms with Crippen LogP contribution in [0, 0.1) is 5.82 Å². The normalized spacial score (nSPS) is 20.2. The molecule has 1 saturated heterocycles. The van der Waals surface area contributed by atoms with Gasteiger partial charge < -0.3 is 9.84 Å². The smallest absolute Gasteiger partial charge is 0.234 e. The second-order valence-electron chi connectivity index (χ2n) is 6.53. The third kappa shape index (κ3) is 2.96. The van der Waals surface area contributed by atoms with Crippen molar-refractivity contribution in [1.82, 2.24) is 25.2 Å². The number of nitrogens with one attached hydrogen (secondary N) is 1. The Balaban J connectivity index is 1.62. The summed E-state index contributed by atoms with van der Waals surface area (Å²) in [6.07, 6.45) is 3.98. The van der Waals surface area contributed by atoms with Gasteiger partial charge in [-0.15, -0.1) is 0 Å². The first-order chi connectivity index (χ1) is 12.4. The maximum atomic E-state index is 14.5. The maximum absolute atomic E-state index is 14.5. The van der Waals surface area contributed by atoms with Gasteiger partial charge in [0.15, 0.2) is 0 Å². The Morgan fingerprint density at radius 2 is 2.27 bits per heavy atom. The van der Waals surface area contributed by atoms with Crippen LogP contribution in [0.4, 0.5) is 4.39 Å². The molecule has 1 fully saturated rings. The van der Waals surface area contributed by atoms with E-state index in [-0.39, 0.29) is 11.6 Å². The number of amides is 1. The standard InChI is InChI=1S/C17H15ClFN5O2/c1-17(5-4-14(25)20-9-17)16-22-15(23-26-16)10-2-3-13(12(19)6-10)24-8-11(18)7-21-24/h2-3,6-8H,4-5,9H2,1H3,(H,20,25). The Morgan fingerprint density at radius 3 is 2.92 bits per heavy atom. The van der Waals surface area contributed by atoms with Gasteiger partial charge in [0.05, 0.1) is 16.6 Å². The van der Waals surface area contributed by atoms with E-state index in [2.05, 4.69) is 20.6 Å². The summed E-state index contributed by atoms with van der Waals surface area (Å²) in [6.45, 7) is 2.38. The Bertz CT molecular complexity index is 973. The molecule has 9 heteroatoms. The first kappa shape index (κ1) is 16.7. The lowest BCUT2D eigenvalue weighted by molar-refractivity contribution is -0.123. The quantitative estimate of drug-likeness (QED) is 0.760. The zero-order chi connectivity index (χ0) is 18.3. The van der Waals surface area contributed by atoms with Gasteiger partial charge in [-0.1, -0.05) is 16.8 Å². The van der Waals surface area contributed by atoms with E-state index < -0.39 is 11.2 Å². The molecule has 134 valence electrons. The molecular formula is C17H15ClFN5O2. The van der Waals surface area contributed by atoms with Crippen LogP contribution < -0.4 is 5.32 Å². The molecule has 0 bridgehead atoms. The molecule has 2 aromatic heterocycles. The summed E-state index contributed by atoms with van der Waals surface area (Å²) in [7, 11) is 0. The van der Waals surface area contributed by atoms with Crippen molar-refractivity contribution in [1.29, 1.82) is 0 Å². The van der Waals surface area contributed by atoms with Gasteiger partial charge in [-0.3, -0.25) is 4.79 Å². The molecule has 0 saturated carbocycles. The van der Waals surface area contributed by atoms with E-state index >= 15 is 0 Å². The average Bonchev–Trinajstić information content (AvgIpc) is 3.27. The predicted octanol–water partition coefficient (Wildman–Crippen LogP) is 2.88. The van der Waals surface area contributed by atoms with Gasteiger partial charge >= 0.3 is 0 Å². The van der Waals surface area contributed by atoms with Crippen LogP contribution in [0.3, 0.4) is 0 Å². The number of carbonyl (C=O) groups excluding carboxylic acids is 1. The Morgan fingerprint density at radius 1 is 1.42 bits per heavy atom. The van der Waals surface area contributed by atoms with E-state index in [1.54, 1.807) is 12.1 Å². The van der Waals surface area contributed by atoms with Crippen molar-refractivity contribution in [3.8, 4) is 17.1 Å². The van der Waals surface area contributed by atoms with E-state index in [0.29, 0.717) is 41.7 Å². The summed E-state index contributed by atoms with van der Waals surface area (Å²) in [5.74, 6) is 0.251. The topological polar surface area (TPSA) is 85.8 Å². The molecule has 1 unspecified atom stereocenters. The number of aromatic nitrogens is 4. The largest absolute Gasteiger partial charge is 0.355 e. The minimum Gasteiger partial charge on any atom is -0.355 e. The lowest BCUT2D eigenvalue weighted by Gasteiger charge is -2.29. The number of rotatable bonds is 3. The SMILES string of the molecule is CC1(c2nc(-c3ccc(-n4cc(Cl)cn4)c(F)c3)no2)CCC(=O)NC1. The van der Waals surface area contributed by atoms with E-state index in [1.165, 1.54) is 23.1 Å². The van der Waals surface area contributed by atoms with E-state index in [0.717, 1.165) is 0 Å². The minimum atomic E-state index is -0.482. The molecule has 0 spiro atoms. The van der Waals surface area contributed by atoms with Crippen LogP contribution in [0.25, 0.3) is 17.1 Å². The summed E-state index contributed by atoms with van der Waals surface area (Å²) in [6, 6.07) is 4.59. The molecule has 3 aromatic rings. The summed E-state index contributed by atoms with van der Waals surface area (Å²) >= 11 is 5.82. The molecular weight excluding hydrogens is 361 g/mol. The fourth-order valence-electron chi connectivity index (χ4n) is 2.89. The molecule has 0 aliphatic carbocycles. The van der Waals surface area contributed by atoms with Crippen LogP contribution in [0.1, 0.15) is 25.7 Å². The van der Waals surface area contributed by atoms with Gasteiger partial charge in [0.2, 0.25) is 17.6 Å². The molecule has 26 heavy (non-hydrogen) atoms. The molecule has 7 nitrogen and oxygen atoms in total. The van der Waals surface area contributed by atoms with E-state index in [4.69, 9.17) is 16.1 Å². The van der Waals surface area contributed by atoms with Gasteiger partial charge in [-0.25, -0.2) is 9.07 Å². The highest BCUT2D eigenvalue weighted by atomic mass is 35.5. The van der Waals surface area contributed by atoms with Crippen molar-refractivity contribution in [3.05, 3.63) is 47.3 Å². The number of piperidine rings is 1. The van der Waals surface area contributed by atoms with Crippen LogP contribution in [-0.4, -0.2) is 32.4 Å². The van der Waals surface area contributed by atoms with Crippen LogP contribution >= 0.6 is 11.6 Å². The lowest BCUT2D eigenvalue weighted by atomic mass is 9.82. The highest BCUT2D eigenvalue weighted by molar-refractivity contribution is 6.30. The van der Waals surface area contributed by atoms with E-state index in [9.17, 15) is 9.18 Å². The zero-order valence-electron chi connectivity index (χ0n) is 13.9. The fourth-order valence-corrected chi connectivity index (χ4v) is 3.03. The number of nitrogens with zero attached hydrogens (tertiary/aromatic N) is 4. The molecule has 0 radical (unpaired) electrons. The number of halogens is 2. The summed E-state index contributed by atoms with van der Waals surface area (Å²) in [5.41, 5.74) is 0.331. The van der Waals surface area contributed by atoms with Crippen LogP contribution in [0.5, 0.6) is 0 Å². The lowest BCUT2D eigenvalue weighted by Crippen LogP contribution is -2.44. The molecule has 4 rings (SSSR count). The summed E-state index contributed by atoms with van der Waals surface area (Å²) in [4.78, 5) is 15.8. The molecule has 1 aromatic carbocycles. The Labute approximate surface area is 153 Å². The van der Waals surface area contributed by atoms with Crippen molar-refractivity contribution in [2.24, 2.45) is 0 Å². The highest BCUT2D eigenvalue weighted by Gasteiger charge is 2.37. The number of benzene rings is 1. The molecule has 1 atom stereocenters. The second-order valence-corrected chi connectivity index (χ2v) is 6.97. The van der Waals surface area contributed by atoms with Gasteiger partial charge in [-0.2, -0.15) is 10.1 Å². The first-order valence-corrected chi connectivity index (χ1v) is 8.44. The van der Waals surface area contributed by atoms with E-state index in [1.807, 2.05) is 6.92 Å². The number of hydrogen-bond donors (Lipinski definition) is 1. The molecule has 1 amide bonds. The third-order valence-electron chi connectivity index (χ3n) is 4.53. The van der Waals surface area contributed by atoms with Crippen LogP contribution in [-0.2, 0) is 10.2 Å². The summed E-state index contributed by atoms with van der Waals surface area (Å²) in [5, 5.41) is 11.2. The molecule has 1 aliphatic heterocycles. The molecule has 3 heterocycles. The minimum absolute atomic E-state index is 0.0126. The Hall–Kier alpha value is -2.74. The van der Waals surface area contributed by atoms with Gasteiger partial charge in [0.1, 0.15) is 11.5 Å². The maximum Gasteiger partial charge on any atom is 0.234 e. The summed E-state index contributed by atoms with van der Waals surface area (Å²) < 4.78 is 21.2. The molecule has 1 aliphatic rings. The number of carbonyl (C=O) groups is 1. The van der Waals surface area contributed by atoms with Crippen molar-refractivity contribution in [2.45, 2.75) is 25.2 Å². The zero-order valence-corrected chi connectivity index (χ0v) is 14.6. The number of hydrogen-bond acceptors (Lipinski definition) is 5. The molecule has 1 N–H and O–H groups in total. The monoisotopic (exact) mass is 375 g/mol. The first-order valence-electron chi connectivity index (χ1n) is 8.06. The van der Waals surface area contributed by atoms with Crippen molar-refractivity contribution >= 4 is 17.5 Å². The van der Waals surface area contributed by atoms with Crippen LogP contribution in [0.2, 0.25) is 5.02 Å². The second kappa shape index (κ2) is 6.21. The predicted molar refractivity (Wildman–Crippen MR) is 91.4 cm³/mol. The fraction of sp³-hybridized carbons (Fsp3) is 0.294. The highest BCUT2D eigenvalue weighted by Crippen LogP contribution is 2.31. The van der Waals surface area contributed by atoms with Gasteiger partial charge in [0, 0.05) is 24.7 Å². The Kier molecular flexibility index (Phi) is 3.99. The van der Waals surface area contributed by atoms with Gasteiger partial charge in [-0.05, 0) is 31.5 Å². The van der Waals surface area contributed by atoms with Gasteiger partial charge in [0.25, 0.3) is 0 Å². The van der Waals surface area contributed by atoms with Crippen molar-refractivity contribution in [2.75, 3.05) is 6.54 Å². The third-order valence-corrected chi connectivity index (χ3v) is 4.72.